The normalized spacial score (nSPS) is 22.0. The highest BCUT2D eigenvalue weighted by atomic mass is 35.5. The van der Waals surface area contributed by atoms with Gasteiger partial charge in [-0.05, 0) is 49.4 Å². The van der Waals surface area contributed by atoms with E-state index in [1.54, 1.807) is 17.0 Å². The molecule has 0 aromatic heterocycles. The van der Waals surface area contributed by atoms with Crippen LogP contribution in [0.4, 0.5) is 5.69 Å². The van der Waals surface area contributed by atoms with Crippen molar-refractivity contribution in [2.45, 2.75) is 51.0 Å². The highest BCUT2D eigenvalue weighted by molar-refractivity contribution is 6.31. The Hall–Kier alpha value is -1.30. The number of hydrogen-bond acceptors (Lipinski definition) is 3. The van der Waals surface area contributed by atoms with Gasteiger partial charge in [-0.25, -0.2) is 0 Å². The number of rotatable bonds is 5. The van der Waals surface area contributed by atoms with Gasteiger partial charge in [0.15, 0.2) is 0 Å². The van der Waals surface area contributed by atoms with Gasteiger partial charge in [-0.3, -0.25) is 9.59 Å². The second-order valence-corrected chi connectivity index (χ2v) is 7.76. The van der Waals surface area contributed by atoms with E-state index < -0.39 is 6.04 Å². The summed E-state index contributed by atoms with van der Waals surface area (Å²) in [4.78, 5) is 26.8. The molecule has 1 saturated heterocycles. The number of nitrogens with one attached hydrogen (secondary N) is 1. The van der Waals surface area contributed by atoms with Crippen LogP contribution < -0.4 is 16.0 Å². The first-order valence-corrected chi connectivity index (χ1v) is 9.47. The van der Waals surface area contributed by atoms with Crippen molar-refractivity contribution in [1.82, 2.24) is 5.32 Å². The molecule has 0 radical (unpaired) electrons. The minimum atomic E-state index is -0.454. The van der Waals surface area contributed by atoms with Crippen LogP contribution in [0.3, 0.4) is 0 Å². The quantitative estimate of drug-likeness (QED) is 0.797. The number of nitrogens with two attached hydrogens (primary N) is 1. The molecule has 3 N–H and O–H groups in total. The maximum atomic E-state index is 12.6. The Bertz CT molecular complexity index is 647. The van der Waals surface area contributed by atoms with E-state index in [-0.39, 0.29) is 29.6 Å². The first kappa shape index (κ1) is 21.0. The molecule has 1 aliphatic heterocycles. The monoisotopic (exact) mass is 399 g/mol. The Morgan fingerprint density at radius 1 is 1.31 bits per heavy atom. The van der Waals surface area contributed by atoms with Gasteiger partial charge in [-0.15, -0.1) is 12.4 Å². The van der Waals surface area contributed by atoms with Crippen molar-refractivity contribution in [3.8, 4) is 0 Å². The van der Waals surface area contributed by atoms with Crippen LogP contribution in [0.15, 0.2) is 24.3 Å². The third-order valence-electron chi connectivity index (χ3n) is 5.54. The van der Waals surface area contributed by atoms with E-state index in [2.05, 4.69) is 5.32 Å². The lowest BCUT2D eigenvalue weighted by Gasteiger charge is -2.35. The average Bonchev–Trinajstić information content (AvgIpc) is 2.96. The predicted molar refractivity (Wildman–Crippen MR) is 107 cm³/mol. The summed E-state index contributed by atoms with van der Waals surface area (Å²) in [6.45, 7) is 1.12. The number of benzene rings is 1. The fraction of sp³-hybridized carbons (Fsp3) is 0.579. The van der Waals surface area contributed by atoms with Crippen LogP contribution >= 0.6 is 24.0 Å². The maximum absolute atomic E-state index is 12.6. The molecule has 2 amide bonds. The van der Waals surface area contributed by atoms with Crippen molar-refractivity contribution in [2.75, 3.05) is 18.0 Å². The van der Waals surface area contributed by atoms with Crippen LogP contribution in [0, 0.1) is 5.41 Å². The zero-order valence-electron chi connectivity index (χ0n) is 14.9. The highest BCUT2D eigenvalue weighted by Crippen LogP contribution is 2.38. The molecule has 1 atom stereocenters. The molecule has 1 unspecified atom stereocenters. The molecule has 1 heterocycles. The third kappa shape index (κ3) is 4.70. The van der Waals surface area contributed by atoms with E-state index in [0.717, 1.165) is 31.4 Å². The molecule has 5 nitrogen and oxygen atoms in total. The molecule has 1 aliphatic carbocycles. The summed E-state index contributed by atoms with van der Waals surface area (Å²) in [5.74, 6) is -0.125. The summed E-state index contributed by atoms with van der Waals surface area (Å²) in [6, 6.07) is 6.78. The predicted octanol–water partition coefficient (Wildman–Crippen LogP) is 3.28. The first-order valence-electron chi connectivity index (χ1n) is 9.09. The van der Waals surface area contributed by atoms with E-state index in [0.29, 0.717) is 31.0 Å². The summed E-state index contributed by atoms with van der Waals surface area (Å²) in [5, 5.41) is 3.53. The first-order chi connectivity index (χ1) is 12.0. The van der Waals surface area contributed by atoms with Gasteiger partial charge in [0.25, 0.3) is 0 Å². The summed E-state index contributed by atoms with van der Waals surface area (Å²) >= 11 is 6.01. The minimum absolute atomic E-state index is 0. The van der Waals surface area contributed by atoms with Crippen LogP contribution in [0.5, 0.6) is 0 Å². The molecule has 7 heteroatoms. The second-order valence-electron chi connectivity index (χ2n) is 7.32. The molecule has 1 aromatic rings. The Kier molecular flexibility index (Phi) is 7.33. The molecule has 0 spiro atoms. The molecule has 0 bridgehead atoms. The second kappa shape index (κ2) is 9.07. The van der Waals surface area contributed by atoms with Crippen LogP contribution in [0.2, 0.25) is 5.02 Å². The highest BCUT2D eigenvalue weighted by Gasteiger charge is 2.37. The van der Waals surface area contributed by atoms with Gasteiger partial charge >= 0.3 is 0 Å². The molecule has 144 valence electrons. The van der Waals surface area contributed by atoms with Crippen molar-refractivity contribution in [2.24, 2.45) is 11.1 Å². The molecule has 2 aliphatic rings. The molecule has 26 heavy (non-hydrogen) atoms. The zero-order valence-corrected chi connectivity index (χ0v) is 16.5. The van der Waals surface area contributed by atoms with E-state index in [9.17, 15) is 9.59 Å². The summed E-state index contributed by atoms with van der Waals surface area (Å²) in [5.41, 5.74) is 6.66. The summed E-state index contributed by atoms with van der Waals surface area (Å²) < 4.78 is 0. The van der Waals surface area contributed by atoms with Crippen LogP contribution in [0.25, 0.3) is 0 Å². The summed E-state index contributed by atoms with van der Waals surface area (Å²) in [7, 11) is 0. The molecule has 3 rings (SSSR count). The topological polar surface area (TPSA) is 75.4 Å². The molecule has 1 aromatic carbocycles. The lowest BCUT2D eigenvalue weighted by molar-refractivity contribution is -0.128. The fourth-order valence-electron chi connectivity index (χ4n) is 4.06. The Morgan fingerprint density at radius 2 is 2.04 bits per heavy atom. The van der Waals surface area contributed by atoms with Crippen molar-refractivity contribution < 1.29 is 9.59 Å². The van der Waals surface area contributed by atoms with Gasteiger partial charge in [0.2, 0.25) is 11.8 Å². The third-order valence-corrected chi connectivity index (χ3v) is 5.78. The number of anilines is 1. The fourth-order valence-corrected chi connectivity index (χ4v) is 4.24. The minimum Gasteiger partial charge on any atom is -0.344 e. The maximum Gasteiger partial charge on any atom is 0.249 e. The van der Waals surface area contributed by atoms with Crippen LogP contribution in [-0.2, 0) is 9.59 Å². The molecular weight excluding hydrogens is 373 g/mol. The van der Waals surface area contributed by atoms with Crippen LogP contribution in [-0.4, -0.2) is 30.9 Å². The van der Waals surface area contributed by atoms with Gasteiger partial charge in [-0.2, -0.15) is 0 Å². The smallest absolute Gasteiger partial charge is 0.249 e. The zero-order chi connectivity index (χ0) is 17.9. The summed E-state index contributed by atoms with van der Waals surface area (Å²) in [6.07, 6.45) is 6.54. The van der Waals surface area contributed by atoms with E-state index in [1.807, 2.05) is 12.1 Å². The van der Waals surface area contributed by atoms with Gasteiger partial charge in [0.1, 0.15) is 6.04 Å². The number of nitrogens with zero attached hydrogens (tertiary/aromatic N) is 1. The number of carbonyl (C=O) groups is 2. The van der Waals surface area contributed by atoms with Gasteiger partial charge in [0.05, 0.1) is 0 Å². The van der Waals surface area contributed by atoms with E-state index in [1.165, 1.54) is 6.42 Å². The lowest BCUT2D eigenvalue weighted by atomic mass is 9.71. The number of amides is 2. The largest absolute Gasteiger partial charge is 0.344 e. The Balaban J connectivity index is 0.00000243. The van der Waals surface area contributed by atoms with Crippen molar-refractivity contribution >= 4 is 41.5 Å². The van der Waals surface area contributed by atoms with Crippen molar-refractivity contribution in [3.63, 3.8) is 0 Å². The van der Waals surface area contributed by atoms with Gasteiger partial charge in [-0.1, -0.05) is 36.9 Å². The number of carbonyl (C=O) groups excluding carboxylic acids is 2. The van der Waals surface area contributed by atoms with E-state index in [4.69, 9.17) is 17.3 Å². The lowest BCUT2D eigenvalue weighted by Crippen LogP contribution is -2.45. The Labute approximate surface area is 166 Å². The molecule has 1 saturated carbocycles. The average molecular weight is 400 g/mol. The number of hydrogen-bond donors (Lipinski definition) is 2. The SMILES string of the molecule is Cl.NCC1(CC(=O)NC2CCN(c3cccc(Cl)c3)C2=O)CCCCC1. The van der Waals surface area contributed by atoms with Crippen LogP contribution in [0.1, 0.15) is 44.9 Å². The van der Waals surface area contributed by atoms with Crippen molar-refractivity contribution in [3.05, 3.63) is 29.3 Å². The van der Waals surface area contributed by atoms with Crippen molar-refractivity contribution in [1.29, 1.82) is 0 Å². The number of halogens is 2. The van der Waals surface area contributed by atoms with Gasteiger partial charge < -0.3 is 16.0 Å². The van der Waals surface area contributed by atoms with Gasteiger partial charge in [0, 0.05) is 23.7 Å². The molecular formula is C19H27Cl2N3O2. The Morgan fingerprint density at radius 3 is 2.69 bits per heavy atom. The standard InChI is InChI=1S/C19H26ClN3O2.ClH/c20-14-5-4-6-15(11-14)23-10-7-16(18(23)25)22-17(24)12-19(13-21)8-2-1-3-9-19;/h4-6,11,16H,1-3,7-10,12-13,21H2,(H,22,24);1H. The van der Waals surface area contributed by atoms with E-state index >= 15 is 0 Å². The molecule has 2 fully saturated rings.